The molecule has 0 bridgehead atoms. The number of para-hydroxylation sites is 1. The number of benzene rings is 1. The quantitative estimate of drug-likeness (QED) is 0.771. The lowest BCUT2D eigenvalue weighted by atomic mass is 10.2. The molecular formula is C17H26N2O. The number of hydrogen-bond acceptors (Lipinski definition) is 3. The molecule has 2 aliphatic carbocycles. The standard InChI is InChI=1S/C17H26N2O/c1-12(2)20-16-5-3-4-15(17(16)18)19(10-13-6-7-13)11-14-8-9-14/h3-5,12-14H,6-11,18H2,1-2H3. The van der Waals surface area contributed by atoms with Gasteiger partial charge in [-0.15, -0.1) is 0 Å². The summed E-state index contributed by atoms with van der Waals surface area (Å²) >= 11 is 0. The largest absolute Gasteiger partial charge is 0.489 e. The van der Waals surface area contributed by atoms with Crippen molar-refractivity contribution in [1.82, 2.24) is 0 Å². The minimum Gasteiger partial charge on any atom is -0.489 e. The average molecular weight is 274 g/mol. The highest BCUT2D eigenvalue weighted by Gasteiger charge is 2.30. The molecule has 3 nitrogen and oxygen atoms in total. The predicted molar refractivity (Wildman–Crippen MR) is 84.3 cm³/mol. The number of nitrogens with zero attached hydrogens (tertiary/aromatic N) is 1. The summed E-state index contributed by atoms with van der Waals surface area (Å²) < 4.78 is 5.83. The van der Waals surface area contributed by atoms with E-state index in [0.717, 1.165) is 36.4 Å². The first kappa shape index (κ1) is 13.6. The molecule has 0 spiro atoms. The van der Waals surface area contributed by atoms with Gasteiger partial charge in [0.15, 0.2) is 0 Å². The van der Waals surface area contributed by atoms with E-state index < -0.39 is 0 Å². The Bertz CT molecular complexity index is 450. The summed E-state index contributed by atoms with van der Waals surface area (Å²) in [5.41, 5.74) is 8.33. The first-order chi connectivity index (χ1) is 9.63. The summed E-state index contributed by atoms with van der Waals surface area (Å²) in [7, 11) is 0. The third-order valence-corrected chi connectivity index (χ3v) is 4.10. The Hall–Kier alpha value is -1.38. The van der Waals surface area contributed by atoms with Crippen LogP contribution < -0.4 is 15.4 Å². The van der Waals surface area contributed by atoms with E-state index in [0.29, 0.717) is 0 Å². The first-order valence-electron chi connectivity index (χ1n) is 7.93. The van der Waals surface area contributed by atoms with E-state index >= 15 is 0 Å². The summed E-state index contributed by atoms with van der Waals surface area (Å²) in [5.74, 6) is 2.58. The van der Waals surface area contributed by atoms with Gasteiger partial charge in [0.05, 0.1) is 17.5 Å². The lowest BCUT2D eigenvalue weighted by Crippen LogP contribution is -2.29. The van der Waals surface area contributed by atoms with Crippen molar-refractivity contribution in [3.63, 3.8) is 0 Å². The van der Waals surface area contributed by atoms with Gasteiger partial charge in [0, 0.05) is 13.1 Å². The van der Waals surface area contributed by atoms with Crippen molar-refractivity contribution in [2.45, 2.75) is 45.6 Å². The molecule has 0 radical (unpaired) electrons. The van der Waals surface area contributed by atoms with Crippen molar-refractivity contribution in [3.8, 4) is 5.75 Å². The lowest BCUT2D eigenvalue weighted by molar-refractivity contribution is 0.244. The van der Waals surface area contributed by atoms with E-state index in [1.54, 1.807) is 0 Å². The number of rotatable bonds is 7. The van der Waals surface area contributed by atoms with Crippen molar-refractivity contribution in [2.24, 2.45) is 11.8 Å². The van der Waals surface area contributed by atoms with Crippen LogP contribution in [0.5, 0.6) is 5.75 Å². The molecule has 1 aromatic carbocycles. The number of nitrogen functional groups attached to an aromatic ring is 1. The van der Waals surface area contributed by atoms with Crippen LogP contribution in [0.2, 0.25) is 0 Å². The van der Waals surface area contributed by atoms with Crippen molar-refractivity contribution < 1.29 is 4.74 Å². The van der Waals surface area contributed by atoms with Gasteiger partial charge in [-0.3, -0.25) is 0 Å². The Morgan fingerprint density at radius 3 is 2.25 bits per heavy atom. The first-order valence-corrected chi connectivity index (χ1v) is 7.93. The molecule has 0 heterocycles. The summed E-state index contributed by atoms with van der Waals surface area (Å²) in [6.07, 6.45) is 5.67. The van der Waals surface area contributed by atoms with Crippen LogP contribution in [0, 0.1) is 11.8 Å². The topological polar surface area (TPSA) is 38.5 Å². The van der Waals surface area contributed by atoms with E-state index in [1.165, 1.54) is 31.4 Å². The zero-order valence-electron chi connectivity index (χ0n) is 12.6. The molecule has 3 rings (SSSR count). The number of ether oxygens (including phenoxy) is 1. The van der Waals surface area contributed by atoms with E-state index in [2.05, 4.69) is 17.0 Å². The maximum atomic E-state index is 6.36. The fourth-order valence-electron chi connectivity index (χ4n) is 2.66. The van der Waals surface area contributed by atoms with Crippen LogP contribution in [0.1, 0.15) is 39.5 Å². The van der Waals surface area contributed by atoms with Crippen molar-refractivity contribution in [2.75, 3.05) is 23.7 Å². The maximum absolute atomic E-state index is 6.36. The second kappa shape index (κ2) is 5.55. The van der Waals surface area contributed by atoms with Gasteiger partial charge >= 0.3 is 0 Å². The van der Waals surface area contributed by atoms with Crippen LogP contribution in [0.15, 0.2) is 18.2 Å². The van der Waals surface area contributed by atoms with Crippen LogP contribution in [0.4, 0.5) is 11.4 Å². The second-order valence-corrected chi connectivity index (χ2v) is 6.65. The summed E-state index contributed by atoms with van der Waals surface area (Å²) in [6, 6.07) is 6.19. The van der Waals surface area contributed by atoms with Crippen LogP contribution in [-0.4, -0.2) is 19.2 Å². The SMILES string of the molecule is CC(C)Oc1cccc(N(CC2CC2)CC2CC2)c1N. The Morgan fingerprint density at radius 1 is 1.15 bits per heavy atom. The summed E-state index contributed by atoms with van der Waals surface area (Å²) in [4.78, 5) is 2.50. The Labute approximate surface area is 122 Å². The third kappa shape index (κ3) is 3.38. The van der Waals surface area contributed by atoms with E-state index in [4.69, 9.17) is 10.5 Å². The van der Waals surface area contributed by atoms with Gasteiger partial charge < -0.3 is 15.4 Å². The van der Waals surface area contributed by atoms with Crippen molar-refractivity contribution in [1.29, 1.82) is 0 Å². The minimum atomic E-state index is 0.160. The fraction of sp³-hybridized carbons (Fsp3) is 0.647. The Kier molecular flexibility index (Phi) is 3.77. The zero-order chi connectivity index (χ0) is 14.1. The lowest BCUT2D eigenvalue weighted by Gasteiger charge is -2.27. The molecule has 2 fully saturated rings. The van der Waals surface area contributed by atoms with E-state index in [-0.39, 0.29) is 6.10 Å². The smallest absolute Gasteiger partial charge is 0.144 e. The molecule has 110 valence electrons. The highest BCUT2D eigenvalue weighted by atomic mass is 16.5. The minimum absolute atomic E-state index is 0.160. The van der Waals surface area contributed by atoms with Crippen LogP contribution >= 0.6 is 0 Å². The monoisotopic (exact) mass is 274 g/mol. The molecule has 0 amide bonds. The molecule has 2 aliphatic rings. The molecule has 0 unspecified atom stereocenters. The van der Waals surface area contributed by atoms with Gasteiger partial charge in [0.2, 0.25) is 0 Å². The van der Waals surface area contributed by atoms with Gasteiger partial charge in [0.1, 0.15) is 5.75 Å². The number of hydrogen-bond donors (Lipinski definition) is 1. The number of nitrogens with two attached hydrogens (primary N) is 1. The summed E-state index contributed by atoms with van der Waals surface area (Å²) in [6.45, 7) is 6.40. The fourth-order valence-corrected chi connectivity index (χ4v) is 2.66. The molecule has 0 saturated heterocycles. The molecule has 3 heteroatoms. The molecule has 0 aromatic heterocycles. The van der Waals surface area contributed by atoms with E-state index in [1.807, 2.05) is 19.9 Å². The van der Waals surface area contributed by atoms with Crippen molar-refractivity contribution >= 4 is 11.4 Å². The number of anilines is 2. The van der Waals surface area contributed by atoms with Gasteiger partial charge in [0.25, 0.3) is 0 Å². The molecule has 1 aromatic rings. The van der Waals surface area contributed by atoms with Crippen LogP contribution in [-0.2, 0) is 0 Å². The second-order valence-electron chi connectivity index (χ2n) is 6.65. The Morgan fingerprint density at radius 2 is 1.75 bits per heavy atom. The van der Waals surface area contributed by atoms with Gasteiger partial charge in [-0.05, 0) is 63.5 Å². The molecule has 20 heavy (non-hydrogen) atoms. The predicted octanol–water partition coefficient (Wildman–Crippen LogP) is 3.68. The Balaban J connectivity index is 1.80. The van der Waals surface area contributed by atoms with E-state index in [9.17, 15) is 0 Å². The summed E-state index contributed by atoms with van der Waals surface area (Å²) in [5, 5.41) is 0. The van der Waals surface area contributed by atoms with Gasteiger partial charge in [-0.1, -0.05) is 6.07 Å². The molecular weight excluding hydrogens is 248 g/mol. The van der Waals surface area contributed by atoms with Gasteiger partial charge in [-0.2, -0.15) is 0 Å². The van der Waals surface area contributed by atoms with Crippen LogP contribution in [0.25, 0.3) is 0 Å². The third-order valence-electron chi connectivity index (χ3n) is 4.10. The molecule has 0 aliphatic heterocycles. The zero-order valence-corrected chi connectivity index (χ0v) is 12.6. The average Bonchev–Trinajstić information content (AvgIpc) is 3.26. The van der Waals surface area contributed by atoms with Crippen molar-refractivity contribution in [3.05, 3.63) is 18.2 Å². The molecule has 0 atom stereocenters. The van der Waals surface area contributed by atoms with Gasteiger partial charge in [-0.25, -0.2) is 0 Å². The molecule has 2 saturated carbocycles. The maximum Gasteiger partial charge on any atom is 0.144 e. The molecule has 2 N–H and O–H groups in total. The highest BCUT2D eigenvalue weighted by Crippen LogP contribution is 2.39. The van der Waals surface area contributed by atoms with Crippen LogP contribution in [0.3, 0.4) is 0 Å². The highest BCUT2D eigenvalue weighted by molar-refractivity contribution is 5.74. The normalized spacial score (nSPS) is 18.4.